The first-order valence-electron chi connectivity index (χ1n) is 8.98. The average molecular weight is 422 g/mol. The number of hydrogen-bond donors (Lipinski definition) is 6. The number of carbonyl (C=O) groups excluding carboxylic acids is 1. The zero-order valence-corrected chi connectivity index (χ0v) is 15.9. The quantitative estimate of drug-likeness (QED) is 0.264. The highest BCUT2D eigenvalue weighted by Gasteiger charge is 2.45. The van der Waals surface area contributed by atoms with Gasteiger partial charge in [0.2, 0.25) is 12.0 Å². The number of aromatic hydroxyl groups is 2. The number of phenols is 2. The van der Waals surface area contributed by atoms with Crippen LogP contribution in [-0.4, -0.2) is 80.8 Å². The van der Waals surface area contributed by atoms with Crippen LogP contribution in [0.5, 0.6) is 23.0 Å². The number of aliphatic hydroxyl groups excluding tert-OH is 4. The van der Waals surface area contributed by atoms with Crippen LogP contribution in [0, 0.1) is 0 Å². The smallest absolute Gasteiger partial charge is 0.229 e. The van der Waals surface area contributed by atoms with Crippen molar-refractivity contribution in [2.24, 2.45) is 0 Å². The highest BCUT2D eigenvalue weighted by Crippen LogP contribution is 2.39. The van der Waals surface area contributed by atoms with Crippen LogP contribution in [-0.2, 0) is 4.74 Å². The van der Waals surface area contributed by atoms with Gasteiger partial charge in [-0.15, -0.1) is 0 Å². The van der Waals surface area contributed by atoms with E-state index in [1.807, 2.05) is 0 Å². The summed E-state index contributed by atoms with van der Waals surface area (Å²) in [4.78, 5) is 12.7. The number of ketones is 1. The minimum Gasteiger partial charge on any atom is -0.504 e. The van der Waals surface area contributed by atoms with E-state index in [1.165, 1.54) is 19.2 Å². The summed E-state index contributed by atoms with van der Waals surface area (Å²) in [7, 11) is 1.48. The molecule has 162 valence electrons. The molecule has 6 N–H and O–H groups in total. The number of ether oxygens (including phenoxy) is 3. The third-order valence-corrected chi connectivity index (χ3v) is 4.76. The van der Waals surface area contributed by atoms with E-state index in [0.717, 1.165) is 12.1 Å². The maximum atomic E-state index is 12.7. The lowest BCUT2D eigenvalue weighted by Gasteiger charge is -2.39. The first-order chi connectivity index (χ1) is 14.3. The maximum absolute atomic E-state index is 12.7. The second-order valence-electron chi connectivity index (χ2n) is 6.71. The van der Waals surface area contributed by atoms with E-state index in [9.17, 15) is 35.4 Å². The van der Waals surface area contributed by atoms with Crippen molar-refractivity contribution in [1.82, 2.24) is 0 Å². The predicted octanol–water partition coefficient (Wildman–Crippen LogP) is -0.484. The molecule has 5 atom stereocenters. The SMILES string of the molecule is COc1ccc(C(=O)c2cc(O)c(O)c(O[C@@H]3O[C@H](CO)[C@@H](O)[C@H](O)[C@H]3O)c2)cc1. The number of rotatable bonds is 6. The molecule has 10 heteroatoms. The van der Waals surface area contributed by atoms with Gasteiger partial charge < -0.3 is 44.8 Å². The summed E-state index contributed by atoms with van der Waals surface area (Å²) in [5.74, 6) is -1.73. The normalized spacial score (nSPS) is 26.2. The molecule has 0 bridgehead atoms. The van der Waals surface area contributed by atoms with Crippen molar-refractivity contribution in [3.05, 3.63) is 47.5 Å². The van der Waals surface area contributed by atoms with Gasteiger partial charge in [0.25, 0.3) is 0 Å². The number of benzene rings is 2. The van der Waals surface area contributed by atoms with E-state index in [0.29, 0.717) is 5.75 Å². The molecule has 0 aliphatic carbocycles. The second kappa shape index (κ2) is 8.86. The maximum Gasteiger partial charge on any atom is 0.229 e. The fourth-order valence-corrected chi connectivity index (χ4v) is 3.01. The first-order valence-corrected chi connectivity index (χ1v) is 8.98. The number of aliphatic hydroxyl groups is 4. The molecular weight excluding hydrogens is 400 g/mol. The Morgan fingerprint density at radius 1 is 1.00 bits per heavy atom. The van der Waals surface area contributed by atoms with Crippen LogP contribution in [0.1, 0.15) is 15.9 Å². The van der Waals surface area contributed by atoms with Crippen molar-refractivity contribution in [3.63, 3.8) is 0 Å². The Kier molecular flexibility index (Phi) is 6.44. The van der Waals surface area contributed by atoms with Crippen LogP contribution >= 0.6 is 0 Å². The summed E-state index contributed by atoms with van der Waals surface area (Å²) in [5, 5.41) is 59.1. The van der Waals surface area contributed by atoms with Crippen molar-refractivity contribution in [2.75, 3.05) is 13.7 Å². The van der Waals surface area contributed by atoms with Crippen LogP contribution in [0.2, 0.25) is 0 Å². The number of hydrogen-bond acceptors (Lipinski definition) is 10. The van der Waals surface area contributed by atoms with E-state index in [1.54, 1.807) is 12.1 Å². The van der Waals surface area contributed by atoms with E-state index in [-0.39, 0.29) is 11.1 Å². The van der Waals surface area contributed by atoms with Crippen LogP contribution in [0.15, 0.2) is 36.4 Å². The third kappa shape index (κ3) is 4.18. The fraction of sp³-hybridized carbons (Fsp3) is 0.350. The minimum absolute atomic E-state index is 0.0324. The van der Waals surface area contributed by atoms with Gasteiger partial charge in [0, 0.05) is 11.1 Å². The molecule has 0 aromatic heterocycles. The molecule has 0 unspecified atom stereocenters. The van der Waals surface area contributed by atoms with Crippen molar-refractivity contribution in [1.29, 1.82) is 0 Å². The topological polar surface area (TPSA) is 166 Å². The molecule has 2 aromatic rings. The highest BCUT2D eigenvalue weighted by atomic mass is 16.7. The molecule has 30 heavy (non-hydrogen) atoms. The van der Waals surface area contributed by atoms with Crippen molar-refractivity contribution < 1.29 is 49.6 Å². The predicted molar refractivity (Wildman–Crippen MR) is 101 cm³/mol. The van der Waals surface area contributed by atoms with Gasteiger partial charge in [-0.2, -0.15) is 0 Å². The minimum atomic E-state index is -1.73. The van der Waals surface area contributed by atoms with Gasteiger partial charge in [-0.25, -0.2) is 0 Å². The van der Waals surface area contributed by atoms with Gasteiger partial charge in [0.15, 0.2) is 17.3 Å². The Balaban J connectivity index is 1.88. The summed E-state index contributed by atoms with van der Waals surface area (Å²) in [5.41, 5.74) is 0.245. The Morgan fingerprint density at radius 2 is 1.67 bits per heavy atom. The Bertz CT molecular complexity index is 895. The van der Waals surface area contributed by atoms with Gasteiger partial charge >= 0.3 is 0 Å². The summed E-state index contributed by atoms with van der Waals surface area (Å²) in [6.07, 6.45) is -7.84. The molecule has 1 aliphatic heterocycles. The second-order valence-corrected chi connectivity index (χ2v) is 6.71. The Labute approximate surface area is 171 Å². The van der Waals surface area contributed by atoms with Gasteiger partial charge in [-0.05, 0) is 36.4 Å². The molecule has 1 heterocycles. The number of phenolic OH excluding ortho intramolecular Hbond substituents is 2. The largest absolute Gasteiger partial charge is 0.504 e. The zero-order chi connectivity index (χ0) is 22.0. The van der Waals surface area contributed by atoms with Gasteiger partial charge in [0.1, 0.15) is 30.2 Å². The summed E-state index contributed by atoms with van der Waals surface area (Å²) in [6.45, 7) is -0.669. The van der Waals surface area contributed by atoms with Crippen LogP contribution in [0.25, 0.3) is 0 Å². The van der Waals surface area contributed by atoms with Crippen molar-refractivity contribution in [3.8, 4) is 23.0 Å². The van der Waals surface area contributed by atoms with Gasteiger partial charge in [-0.1, -0.05) is 0 Å². The molecule has 3 rings (SSSR count). The van der Waals surface area contributed by atoms with E-state index >= 15 is 0 Å². The molecule has 0 saturated carbocycles. The van der Waals surface area contributed by atoms with Crippen LogP contribution in [0.3, 0.4) is 0 Å². The molecule has 0 amide bonds. The van der Waals surface area contributed by atoms with Crippen LogP contribution in [0.4, 0.5) is 0 Å². The number of carbonyl (C=O) groups is 1. The highest BCUT2D eigenvalue weighted by molar-refractivity contribution is 6.09. The lowest BCUT2D eigenvalue weighted by Crippen LogP contribution is -2.60. The standard InChI is InChI=1S/C20H22O10/c1-28-11-4-2-9(3-5-11)15(23)10-6-12(22)16(24)13(7-10)29-20-19(27)18(26)17(25)14(8-21)30-20/h2-7,14,17-22,24-27H,8H2,1H3/t14-,17-,18+,19-,20-/m1/s1. The molecule has 1 fully saturated rings. The first kappa shape index (κ1) is 21.8. The monoisotopic (exact) mass is 422 g/mol. The van der Waals surface area contributed by atoms with E-state index in [2.05, 4.69) is 0 Å². The van der Waals surface area contributed by atoms with Crippen LogP contribution < -0.4 is 9.47 Å². The molecule has 0 spiro atoms. The zero-order valence-electron chi connectivity index (χ0n) is 15.9. The molecular formula is C20H22O10. The molecule has 10 nitrogen and oxygen atoms in total. The number of methoxy groups -OCH3 is 1. The molecule has 1 saturated heterocycles. The van der Waals surface area contributed by atoms with Gasteiger partial charge in [0.05, 0.1) is 13.7 Å². The van der Waals surface area contributed by atoms with Crippen molar-refractivity contribution in [2.45, 2.75) is 30.7 Å². The van der Waals surface area contributed by atoms with E-state index in [4.69, 9.17) is 14.2 Å². The summed E-state index contributed by atoms with van der Waals surface area (Å²) in [6, 6.07) is 8.37. The lowest BCUT2D eigenvalue weighted by molar-refractivity contribution is -0.277. The Hall–Kier alpha value is -2.89. The summed E-state index contributed by atoms with van der Waals surface area (Å²) < 4.78 is 15.6. The summed E-state index contributed by atoms with van der Waals surface area (Å²) >= 11 is 0. The van der Waals surface area contributed by atoms with Crippen molar-refractivity contribution >= 4 is 5.78 Å². The fourth-order valence-electron chi connectivity index (χ4n) is 3.01. The van der Waals surface area contributed by atoms with E-state index < -0.39 is 60.3 Å². The lowest BCUT2D eigenvalue weighted by atomic mass is 9.99. The average Bonchev–Trinajstić information content (AvgIpc) is 2.76. The molecule has 1 aliphatic rings. The third-order valence-electron chi connectivity index (χ3n) is 4.76. The molecule has 2 aromatic carbocycles. The molecule has 0 radical (unpaired) electrons. The Morgan fingerprint density at radius 3 is 2.27 bits per heavy atom. The van der Waals surface area contributed by atoms with Gasteiger partial charge in [-0.3, -0.25) is 4.79 Å².